The third kappa shape index (κ3) is 6.19. The van der Waals surface area contributed by atoms with Gasteiger partial charge in [-0.3, -0.25) is 9.59 Å². The minimum Gasteiger partial charge on any atom is -0.452 e. The number of nitrogens with one attached hydrogen (secondary N) is 2. The molecule has 1 unspecified atom stereocenters. The molecule has 0 radical (unpaired) electrons. The first-order valence-corrected chi connectivity index (χ1v) is 9.79. The van der Waals surface area contributed by atoms with Gasteiger partial charge in [-0.1, -0.05) is 29.8 Å². The summed E-state index contributed by atoms with van der Waals surface area (Å²) in [6, 6.07) is 13.4. The molecule has 27 heavy (non-hydrogen) atoms. The Morgan fingerprint density at radius 1 is 1.04 bits per heavy atom. The van der Waals surface area contributed by atoms with Crippen molar-refractivity contribution in [3.05, 3.63) is 59.7 Å². The number of sulfonamides is 1. The van der Waals surface area contributed by atoms with Crippen LogP contribution in [0.15, 0.2) is 53.4 Å². The van der Waals surface area contributed by atoms with Crippen molar-refractivity contribution in [1.29, 1.82) is 0 Å². The van der Waals surface area contributed by atoms with Gasteiger partial charge in [0, 0.05) is 5.69 Å². The predicted molar refractivity (Wildman–Crippen MR) is 102 cm³/mol. The SMILES string of the molecule is Cc1ccc(S(=O)(=O)NCC(=O)OC(C)C(=O)Nc2cccc(C)c2)cc1. The normalized spacial score (nSPS) is 12.3. The molecule has 0 fully saturated rings. The molecule has 0 aromatic heterocycles. The number of ether oxygens (including phenoxy) is 1. The fourth-order valence-electron chi connectivity index (χ4n) is 2.21. The molecule has 7 nitrogen and oxygen atoms in total. The standard InChI is InChI=1S/C19H22N2O5S/c1-13-7-9-17(10-8-13)27(24,25)20-12-18(22)26-15(3)19(23)21-16-6-4-5-14(2)11-16/h4-11,15,20H,12H2,1-3H3,(H,21,23). The number of carbonyl (C=O) groups excluding carboxylic acids is 2. The molecule has 0 bridgehead atoms. The van der Waals surface area contributed by atoms with Crippen LogP contribution in [0.1, 0.15) is 18.1 Å². The van der Waals surface area contributed by atoms with Gasteiger partial charge in [-0.15, -0.1) is 0 Å². The van der Waals surface area contributed by atoms with E-state index in [0.29, 0.717) is 5.69 Å². The van der Waals surface area contributed by atoms with E-state index in [9.17, 15) is 18.0 Å². The molecule has 2 aromatic carbocycles. The summed E-state index contributed by atoms with van der Waals surface area (Å²) in [4.78, 5) is 24.0. The van der Waals surface area contributed by atoms with Crippen molar-refractivity contribution in [1.82, 2.24) is 4.72 Å². The fourth-order valence-corrected chi connectivity index (χ4v) is 3.18. The lowest BCUT2D eigenvalue weighted by molar-refractivity contribution is -0.151. The fraction of sp³-hybridized carbons (Fsp3) is 0.263. The summed E-state index contributed by atoms with van der Waals surface area (Å²) in [6.45, 7) is 4.57. The third-order valence-electron chi connectivity index (χ3n) is 3.70. The van der Waals surface area contributed by atoms with E-state index in [-0.39, 0.29) is 4.90 Å². The highest BCUT2D eigenvalue weighted by Crippen LogP contribution is 2.11. The summed E-state index contributed by atoms with van der Waals surface area (Å²) < 4.78 is 31.4. The lowest BCUT2D eigenvalue weighted by atomic mass is 10.2. The number of carbonyl (C=O) groups is 2. The highest BCUT2D eigenvalue weighted by Gasteiger charge is 2.20. The van der Waals surface area contributed by atoms with Gasteiger partial charge in [-0.05, 0) is 50.6 Å². The van der Waals surface area contributed by atoms with E-state index in [2.05, 4.69) is 10.0 Å². The van der Waals surface area contributed by atoms with Crippen LogP contribution in [-0.2, 0) is 24.3 Å². The number of rotatable bonds is 7. The van der Waals surface area contributed by atoms with Gasteiger partial charge in [0.2, 0.25) is 10.0 Å². The molecule has 2 aromatic rings. The van der Waals surface area contributed by atoms with E-state index < -0.39 is 34.5 Å². The maximum atomic E-state index is 12.1. The Morgan fingerprint density at radius 3 is 2.33 bits per heavy atom. The van der Waals surface area contributed by atoms with Gasteiger partial charge < -0.3 is 10.1 Å². The van der Waals surface area contributed by atoms with Crippen LogP contribution in [0.2, 0.25) is 0 Å². The Balaban J connectivity index is 1.87. The second kappa shape index (κ2) is 8.79. The number of benzene rings is 2. The number of aryl methyl sites for hydroxylation is 2. The minimum absolute atomic E-state index is 0.0474. The first kappa shape index (κ1) is 20.6. The molecule has 0 aliphatic carbocycles. The van der Waals surface area contributed by atoms with Crippen molar-refractivity contribution >= 4 is 27.6 Å². The largest absolute Gasteiger partial charge is 0.452 e. The smallest absolute Gasteiger partial charge is 0.321 e. The molecule has 0 saturated carbocycles. The molecule has 0 aliphatic heterocycles. The van der Waals surface area contributed by atoms with Crippen LogP contribution in [0.25, 0.3) is 0 Å². The van der Waals surface area contributed by atoms with Crippen LogP contribution in [0.3, 0.4) is 0 Å². The van der Waals surface area contributed by atoms with Gasteiger partial charge in [0.05, 0.1) is 4.90 Å². The molecule has 0 aliphatic rings. The topological polar surface area (TPSA) is 102 Å². The molecule has 0 spiro atoms. The van der Waals surface area contributed by atoms with Crippen LogP contribution in [0, 0.1) is 13.8 Å². The van der Waals surface area contributed by atoms with Gasteiger partial charge in [-0.2, -0.15) is 4.72 Å². The molecule has 1 amide bonds. The molecular weight excluding hydrogens is 368 g/mol. The summed E-state index contributed by atoms with van der Waals surface area (Å²) in [5, 5.41) is 2.64. The van der Waals surface area contributed by atoms with Crippen LogP contribution < -0.4 is 10.0 Å². The Bertz CT molecular complexity index is 923. The zero-order chi connectivity index (χ0) is 20.0. The summed E-state index contributed by atoms with van der Waals surface area (Å²) in [7, 11) is -3.83. The van der Waals surface area contributed by atoms with E-state index in [1.54, 1.807) is 30.3 Å². The third-order valence-corrected chi connectivity index (χ3v) is 5.12. The predicted octanol–water partition coefficient (Wildman–Crippen LogP) is 2.15. The molecule has 0 heterocycles. The molecule has 1 atom stereocenters. The van der Waals surface area contributed by atoms with Crippen molar-refractivity contribution in [2.45, 2.75) is 31.8 Å². The second-order valence-corrected chi connectivity index (χ2v) is 7.90. The second-order valence-electron chi connectivity index (χ2n) is 6.13. The van der Waals surface area contributed by atoms with Crippen molar-refractivity contribution < 1.29 is 22.7 Å². The van der Waals surface area contributed by atoms with Crippen LogP contribution in [0.5, 0.6) is 0 Å². The first-order valence-electron chi connectivity index (χ1n) is 8.31. The molecule has 2 rings (SSSR count). The molecule has 2 N–H and O–H groups in total. The van der Waals surface area contributed by atoms with Gasteiger partial charge in [0.15, 0.2) is 6.10 Å². The van der Waals surface area contributed by atoms with Gasteiger partial charge >= 0.3 is 5.97 Å². The monoisotopic (exact) mass is 390 g/mol. The van der Waals surface area contributed by atoms with Gasteiger partial charge in [0.1, 0.15) is 6.54 Å². The summed E-state index contributed by atoms with van der Waals surface area (Å²) >= 11 is 0. The molecule has 0 saturated heterocycles. The first-order chi connectivity index (χ1) is 12.7. The van der Waals surface area contributed by atoms with Gasteiger partial charge in [-0.25, -0.2) is 8.42 Å². The van der Waals surface area contributed by atoms with Crippen LogP contribution in [0.4, 0.5) is 5.69 Å². The number of esters is 1. The molecule has 144 valence electrons. The average Bonchev–Trinajstić information content (AvgIpc) is 2.60. The number of anilines is 1. The van der Waals surface area contributed by atoms with Crippen LogP contribution >= 0.6 is 0 Å². The average molecular weight is 390 g/mol. The molecular formula is C19H22N2O5S. The van der Waals surface area contributed by atoms with Crippen molar-refractivity contribution in [2.75, 3.05) is 11.9 Å². The van der Waals surface area contributed by atoms with Crippen molar-refractivity contribution in [3.8, 4) is 0 Å². The summed E-state index contributed by atoms with van der Waals surface area (Å²) in [5.74, 6) is -1.35. The Kier molecular flexibility index (Phi) is 6.70. The maximum Gasteiger partial charge on any atom is 0.321 e. The van der Waals surface area contributed by atoms with Crippen molar-refractivity contribution in [3.63, 3.8) is 0 Å². The van der Waals surface area contributed by atoms with E-state index in [1.165, 1.54) is 19.1 Å². The molecule has 8 heteroatoms. The number of hydrogen-bond donors (Lipinski definition) is 2. The Morgan fingerprint density at radius 2 is 1.70 bits per heavy atom. The van der Waals surface area contributed by atoms with E-state index in [0.717, 1.165) is 11.1 Å². The summed E-state index contributed by atoms with van der Waals surface area (Å²) in [5.41, 5.74) is 2.48. The Hall–Kier alpha value is -2.71. The quantitative estimate of drug-likeness (QED) is 0.706. The van der Waals surface area contributed by atoms with E-state index >= 15 is 0 Å². The highest BCUT2D eigenvalue weighted by atomic mass is 32.2. The van der Waals surface area contributed by atoms with Crippen molar-refractivity contribution in [2.24, 2.45) is 0 Å². The van der Waals surface area contributed by atoms with E-state index in [4.69, 9.17) is 4.74 Å². The van der Waals surface area contributed by atoms with E-state index in [1.807, 2.05) is 19.9 Å². The maximum absolute atomic E-state index is 12.1. The Labute approximate surface area is 158 Å². The number of hydrogen-bond acceptors (Lipinski definition) is 5. The minimum atomic E-state index is -3.83. The zero-order valence-corrected chi connectivity index (χ0v) is 16.2. The number of amides is 1. The zero-order valence-electron chi connectivity index (χ0n) is 15.4. The van der Waals surface area contributed by atoms with Crippen LogP contribution in [-0.4, -0.2) is 32.9 Å². The lowest BCUT2D eigenvalue weighted by Crippen LogP contribution is -2.35. The highest BCUT2D eigenvalue weighted by molar-refractivity contribution is 7.89. The summed E-state index contributed by atoms with van der Waals surface area (Å²) in [6.07, 6.45) is -1.07. The van der Waals surface area contributed by atoms with Gasteiger partial charge in [0.25, 0.3) is 5.91 Å². The lowest BCUT2D eigenvalue weighted by Gasteiger charge is -2.14.